The Balaban J connectivity index is 1.81. The van der Waals surface area contributed by atoms with Crippen molar-refractivity contribution in [3.05, 3.63) is 36.0 Å². The highest BCUT2D eigenvalue weighted by Gasteiger charge is 2.16. The summed E-state index contributed by atoms with van der Waals surface area (Å²) in [6.07, 6.45) is 1.34. The first-order chi connectivity index (χ1) is 10.1. The zero-order valence-electron chi connectivity index (χ0n) is 11.9. The van der Waals surface area contributed by atoms with Gasteiger partial charge in [0.05, 0.1) is 11.9 Å². The van der Waals surface area contributed by atoms with Gasteiger partial charge in [-0.1, -0.05) is 12.1 Å². The van der Waals surface area contributed by atoms with Gasteiger partial charge >= 0.3 is 5.97 Å². The third kappa shape index (κ3) is 2.75. The molecule has 0 aliphatic carbocycles. The Morgan fingerprint density at radius 1 is 1.19 bits per heavy atom. The third-order valence-corrected chi connectivity index (χ3v) is 3.89. The fourth-order valence-corrected chi connectivity index (χ4v) is 2.57. The third-order valence-electron chi connectivity index (χ3n) is 3.89. The van der Waals surface area contributed by atoms with Crippen molar-refractivity contribution in [3.8, 4) is 11.3 Å². The SMILES string of the molecule is CN1CCN(c2ccc(-c3[nH]ncc3C(=O)O)cc2)CC1. The van der Waals surface area contributed by atoms with E-state index in [1.165, 1.54) is 11.9 Å². The number of nitrogens with one attached hydrogen (secondary N) is 1. The smallest absolute Gasteiger partial charge is 0.339 e. The summed E-state index contributed by atoms with van der Waals surface area (Å²) in [5.74, 6) is -0.970. The van der Waals surface area contributed by atoms with Crippen molar-refractivity contribution >= 4 is 11.7 Å². The van der Waals surface area contributed by atoms with Gasteiger partial charge in [-0.05, 0) is 19.2 Å². The number of carbonyl (C=O) groups is 1. The lowest BCUT2D eigenvalue weighted by Crippen LogP contribution is -2.44. The van der Waals surface area contributed by atoms with Crippen molar-refractivity contribution in [2.24, 2.45) is 0 Å². The molecule has 0 radical (unpaired) electrons. The number of benzene rings is 1. The van der Waals surface area contributed by atoms with E-state index < -0.39 is 5.97 Å². The van der Waals surface area contributed by atoms with Crippen LogP contribution in [0.5, 0.6) is 0 Å². The maximum absolute atomic E-state index is 11.1. The Hall–Kier alpha value is -2.34. The lowest BCUT2D eigenvalue weighted by molar-refractivity contribution is 0.0698. The van der Waals surface area contributed by atoms with Crippen LogP contribution in [0.4, 0.5) is 5.69 Å². The van der Waals surface area contributed by atoms with E-state index in [2.05, 4.69) is 27.0 Å². The van der Waals surface area contributed by atoms with Crippen molar-refractivity contribution in [1.82, 2.24) is 15.1 Å². The predicted molar refractivity (Wildman–Crippen MR) is 80.7 cm³/mol. The molecule has 1 aliphatic heterocycles. The summed E-state index contributed by atoms with van der Waals surface area (Å²) in [5.41, 5.74) is 2.75. The number of aromatic amines is 1. The summed E-state index contributed by atoms with van der Waals surface area (Å²) in [6, 6.07) is 7.95. The number of H-pyrrole nitrogens is 1. The summed E-state index contributed by atoms with van der Waals surface area (Å²) < 4.78 is 0. The summed E-state index contributed by atoms with van der Waals surface area (Å²) in [6.45, 7) is 4.15. The quantitative estimate of drug-likeness (QED) is 0.895. The molecule has 1 fully saturated rings. The van der Waals surface area contributed by atoms with E-state index in [0.717, 1.165) is 31.7 Å². The lowest BCUT2D eigenvalue weighted by atomic mass is 10.1. The zero-order valence-corrected chi connectivity index (χ0v) is 11.9. The van der Waals surface area contributed by atoms with E-state index in [9.17, 15) is 4.79 Å². The number of carboxylic acids is 1. The fraction of sp³-hybridized carbons (Fsp3) is 0.333. The maximum atomic E-state index is 11.1. The Morgan fingerprint density at radius 2 is 1.86 bits per heavy atom. The van der Waals surface area contributed by atoms with Crippen LogP contribution >= 0.6 is 0 Å². The maximum Gasteiger partial charge on any atom is 0.339 e. The topological polar surface area (TPSA) is 72.5 Å². The van der Waals surface area contributed by atoms with E-state index >= 15 is 0 Å². The van der Waals surface area contributed by atoms with Crippen LogP contribution in [0.1, 0.15) is 10.4 Å². The van der Waals surface area contributed by atoms with E-state index in [1.54, 1.807) is 0 Å². The first-order valence-corrected chi connectivity index (χ1v) is 6.96. The van der Waals surface area contributed by atoms with Crippen LogP contribution in [-0.2, 0) is 0 Å². The Bertz CT molecular complexity index is 627. The first kappa shape index (κ1) is 13.6. The molecule has 2 N–H and O–H groups in total. The first-order valence-electron chi connectivity index (χ1n) is 6.96. The van der Waals surface area contributed by atoms with Crippen molar-refractivity contribution in [3.63, 3.8) is 0 Å². The molecule has 0 atom stereocenters. The molecule has 0 saturated carbocycles. The van der Waals surface area contributed by atoms with Gasteiger partial charge in [-0.15, -0.1) is 0 Å². The average molecular weight is 286 g/mol. The summed E-state index contributed by atoms with van der Waals surface area (Å²) in [5, 5.41) is 15.7. The van der Waals surface area contributed by atoms with Gasteiger partial charge in [0.15, 0.2) is 0 Å². The molecule has 3 rings (SSSR count). The second-order valence-corrected chi connectivity index (χ2v) is 5.30. The molecule has 1 aliphatic rings. The van der Waals surface area contributed by atoms with Crippen LogP contribution in [0, 0.1) is 0 Å². The van der Waals surface area contributed by atoms with Crippen molar-refractivity contribution in [2.75, 3.05) is 38.1 Å². The van der Waals surface area contributed by atoms with Gasteiger partial charge in [-0.25, -0.2) is 4.79 Å². The molecular weight excluding hydrogens is 268 g/mol. The largest absolute Gasteiger partial charge is 0.478 e. The second kappa shape index (κ2) is 5.57. The van der Waals surface area contributed by atoms with Crippen LogP contribution in [0.25, 0.3) is 11.3 Å². The Labute approximate surface area is 123 Å². The minimum atomic E-state index is -0.970. The molecule has 0 unspecified atom stereocenters. The van der Waals surface area contributed by atoms with Crippen LogP contribution < -0.4 is 4.90 Å². The molecule has 1 aromatic heterocycles. The summed E-state index contributed by atoms with van der Waals surface area (Å²) in [4.78, 5) is 15.8. The molecule has 1 saturated heterocycles. The zero-order chi connectivity index (χ0) is 14.8. The molecule has 6 heteroatoms. The van der Waals surface area contributed by atoms with E-state index in [4.69, 9.17) is 5.11 Å². The molecule has 2 aromatic rings. The molecule has 21 heavy (non-hydrogen) atoms. The average Bonchev–Trinajstić information content (AvgIpc) is 2.98. The van der Waals surface area contributed by atoms with Crippen molar-refractivity contribution in [2.45, 2.75) is 0 Å². The number of hydrogen-bond acceptors (Lipinski definition) is 4. The van der Waals surface area contributed by atoms with Gasteiger partial charge in [0.1, 0.15) is 5.56 Å². The lowest BCUT2D eigenvalue weighted by Gasteiger charge is -2.34. The van der Waals surface area contributed by atoms with E-state index in [-0.39, 0.29) is 5.56 Å². The number of anilines is 1. The second-order valence-electron chi connectivity index (χ2n) is 5.30. The van der Waals surface area contributed by atoms with Gasteiger partial charge in [-0.3, -0.25) is 5.10 Å². The molecule has 110 valence electrons. The molecule has 1 aromatic carbocycles. The van der Waals surface area contributed by atoms with Gasteiger partial charge < -0.3 is 14.9 Å². The van der Waals surface area contributed by atoms with Crippen LogP contribution in [-0.4, -0.2) is 59.4 Å². The van der Waals surface area contributed by atoms with Crippen LogP contribution in [0.15, 0.2) is 30.5 Å². The summed E-state index contributed by atoms with van der Waals surface area (Å²) >= 11 is 0. The number of rotatable bonds is 3. The number of piperazine rings is 1. The van der Waals surface area contributed by atoms with E-state index in [0.29, 0.717) is 5.69 Å². The van der Waals surface area contributed by atoms with Crippen LogP contribution in [0.2, 0.25) is 0 Å². The van der Waals surface area contributed by atoms with Gasteiger partial charge in [0.2, 0.25) is 0 Å². The van der Waals surface area contributed by atoms with Crippen molar-refractivity contribution in [1.29, 1.82) is 0 Å². The molecular formula is C15H18N4O2. The highest BCUT2D eigenvalue weighted by molar-refractivity contribution is 5.94. The highest BCUT2D eigenvalue weighted by Crippen LogP contribution is 2.24. The normalized spacial score (nSPS) is 16.1. The number of aromatic carboxylic acids is 1. The van der Waals surface area contributed by atoms with Crippen molar-refractivity contribution < 1.29 is 9.90 Å². The number of likely N-dealkylation sites (N-methyl/N-ethyl adjacent to an activating group) is 1. The number of nitrogens with zero attached hydrogens (tertiary/aromatic N) is 3. The minimum Gasteiger partial charge on any atom is -0.478 e. The molecule has 2 heterocycles. The van der Waals surface area contributed by atoms with Crippen LogP contribution in [0.3, 0.4) is 0 Å². The fourth-order valence-electron chi connectivity index (χ4n) is 2.57. The Kier molecular flexibility index (Phi) is 3.62. The molecule has 0 bridgehead atoms. The number of hydrogen-bond donors (Lipinski definition) is 2. The van der Waals surface area contributed by atoms with Gasteiger partial charge in [-0.2, -0.15) is 5.10 Å². The number of carboxylic acid groups (broad SMARTS) is 1. The van der Waals surface area contributed by atoms with Gasteiger partial charge in [0.25, 0.3) is 0 Å². The molecule has 6 nitrogen and oxygen atoms in total. The predicted octanol–water partition coefficient (Wildman–Crippen LogP) is 1.53. The standard InChI is InChI=1S/C15H18N4O2/c1-18-6-8-19(9-7-18)12-4-2-11(3-5-12)14-13(15(20)21)10-16-17-14/h2-5,10H,6-9H2,1H3,(H,16,17)(H,20,21). The van der Waals surface area contributed by atoms with Gasteiger partial charge in [0, 0.05) is 37.4 Å². The molecule has 0 spiro atoms. The minimum absolute atomic E-state index is 0.197. The highest BCUT2D eigenvalue weighted by atomic mass is 16.4. The monoisotopic (exact) mass is 286 g/mol. The molecule has 0 amide bonds. The van der Waals surface area contributed by atoms with E-state index in [1.807, 2.05) is 24.3 Å². The summed E-state index contributed by atoms with van der Waals surface area (Å²) in [7, 11) is 2.13. The Morgan fingerprint density at radius 3 is 2.48 bits per heavy atom. The number of aromatic nitrogens is 2.